The Hall–Kier alpha value is -1.09. The largest absolute Gasteiger partial charge is 0.508 e. The molecule has 1 aliphatic heterocycles. The fraction of sp³-hybridized carbons (Fsp3) is 0.714. The molecular weight excluding hydrogens is 301 g/mol. The number of halogens is 1. The van der Waals surface area contributed by atoms with Crippen LogP contribution < -0.4 is 0 Å². The topological polar surface area (TPSA) is 23.5 Å². The van der Waals surface area contributed by atoms with Gasteiger partial charge in [-0.25, -0.2) is 4.39 Å². The smallest absolute Gasteiger partial charge is 0.133 e. The average molecular weight is 331 g/mol. The molecule has 3 aliphatic rings. The Bertz CT molecular complexity index is 635. The van der Waals surface area contributed by atoms with Gasteiger partial charge >= 0.3 is 0 Å². The lowest BCUT2D eigenvalue weighted by Gasteiger charge is -2.39. The van der Waals surface area contributed by atoms with Gasteiger partial charge in [0.1, 0.15) is 11.6 Å². The van der Waals surface area contributed by atoms with Gasteiger partial charge in [-0.3, -0.25) is 4.90 Å². The molecule has 0 radical (unpaired) electrons. The van der Waals surface area contributed by atoms with Gasteiger partial charge in [0.2, 0.25) is 0 Å². The van der Waals surface area contributed by atoms with Gasteiger partial charge in [-0.2, -0.15) is 0 Å². The highest BCUT2D eigenvalue weighted by molar-refractivity contribution is 5.45. The number of fused-ring (bicyclic) bond motifs is 1. The molecule has 2 fully saturated rings. The van der Waals surface area contributed by atoms with E-state index in [4.69, 9.17) is 0 Å². The quantitative estimate of drug-likeness (QED) is 0.789. The molecule has 1 N–H and O–H groups in total. The van der Waals surface area contributed by atoms with Crippen LogP contribution in [0, 0.1) is 11.2 Å². The molecule has 24 heavy (non-hydrogen) atoms. The second-order valence-corrected chi connectivity index (χ2v) is 8.72. The first-order valence-corrected chi connectivity index (χ1v) is 9.76. The number of rotatable bonds is 2. The first-order chi connectivity index (χ1) is 11.5. The van der Waals surface area contributed by atoms with Crippen LogP contribution >= 0.6 is 0 Å². The number of hydrogen-bond donors (Lipinski definition) is 1. The van der Waals surface area contributed by atoms with Gasteiger partial charge in [0.25, 0.3) is 0 Å². The molecule has 1 spiro atoms. The van der Waals surface area contributed by atoms with E-state index in [1.54, 1.807) is 0 Å². The van der Waals surface area contributed by atoms with Crippen LogP contribution in [0.5, 0.6) is 5.75 Å². The number of aryl methyl sites for hydroxylation is 1. The highest BCUT2D eigenvalue weighted by atomic mass is 19.1. The maximum absolute atomic E-state index is 15.0. The first-order valence-electron chi connectivity index (χ1n) is 9.76. The molecule has 1 saturated heterocycles. The number of nitrogens with zero attached hydrogens (tertiary/aromatic N) is 1. The van der Waals surface area contributed by atoms with Crippen molar-refractivity contribution in [2.75, 3.05) is 13.1 Å². The Morgan fingerprint density at radius 1 is 1.21 bits per heavy atom. The van der Waals surface area contributed by atoms with Crippen LogP contribution in [0.4, 0.5) is 4.39 Å². The summed E-state index contributed by atoms with van der Waals surface area (Å²) in [5, 5.41) is 10.2. The molecule has 4 rings (SSSR count). The van der Waals surface area contributed by atoms with Crippen LogP contribution in [0.1, 0.15) is 75.0 Å². The predicted molar refractivity (Wildman–Crippen MR) is 95.1 cm³/mol. The maximum Gasteiger partial charge on any atom is 0.133 e. The molecule has 3 heteroatoms. The van der Waals surface area contributed by atoms with E-state index >= 15 is 0 Å². The molecule has 1 atom stereocenters. The van der Waals surface area contributed by atoms with Crippen LogP contribution in [0.25, 0.3) is 0 Å². The average Bonchev–Trinajstić information content (AvgIpc) is 2.84. The van der Waals surface area contributed by atoms with Gasteiger partial charge in [-0.1, -0.05) is 20.3 Å². The number of likely N-dealkylation sites (tertiary alicyclic amines) is 1. The highest BCUT2D eigenvalue weighted by Gasteiger charge is 2.44. The molecule has 1 saturated carbocycles. The Balaban J connectivity index is 1.53. The minimum atomic E-state index is -0.141. The predicted octanol–water partition coefficient (Wildman–Crippen LogP) is 4.78. The molecule has 0 aromatic heterocycles. The van der Waals surface area contributed by atoms with Crippen LogP contribution in [0.15, 0.2) is 6.07 Å². The first kappa shape index (κ1) is 16.4. The van der Waals surface area contributed by atoms with Crippen LogP contribution in [0.2, 0.25) is 0 Å². The Morgan fingerprint density at radius 3 is 2.58 bits per heavy atom. The van der Waals surface area contributed by atoms with Crippen molar-refractivity contribution >= 4 is 0 Å². The fourth-order valence-electron chi connectivity index (χ4n) is 5.30. The van der Waals surface area contributed by atoms with E-state index in [0.29, 0.717) is 17.0 Å². The number of aromatic hydroxyl groups is 1. The summed E-state index contributed by atoms with van der Waals surface area (Å²) in [5.41, 5.74) is 3.04. The van der Waals surface area contributed by atoms with Crippen LogP contribution in [0.3, 0.4) is 0 Å². The molecule has 2 aliphatic carbocycles. The zero-order valence-electron chi connectivity index (χ0n) is 15.1. The molecule has 1 aromatic carbocycles. The number of benzene rings is 1. The Kier molecular flexibility index (Phi) is 4.11. The zero-order valence-corrected chi connectivity index (χ0v) is 15.1. The Morgan fingerprint density at radius 2 is 1.96 bits per heavy atom. The third kappa shape index (κ3) is 2.65. The minimum Gasteiger partial charge on any atom is -0.508 e. The fourth-order valence-corrected chi connectivity index (χ4v) is 5.30. The van der Waals surface area contributed by atoms with Crippen molar-refractivity contribution < 1.29 is 9.50 Å². The van der Waals surface area contributed by atoms with Crippen molar-refractivity contribution in [1.29, 1.82) is 0 Å². The summed E-state index contributed by atoms with van der Waals surface area (Å²) in [5.74, 6) is 0.0261. The SMILES string of the molecule is CC(C)c1c(O)cc2c(c1F)CCC(N1CCC3(CCC3)C1)CC2. The molecule has 1 unspecified atom stereocenters. The highest BCUT2D eigenvalue weighted by Crippen LogP contribution is 2.49. The molecule has 0 amide bonds. The Labute approximate surface area is 145 Å². The lowest BCUT2D eigenvalue weighted by atomic mass is 9.68. The van der Waals surface area contributed by atoms with Gasteiger partial charge in [0.15, 0.2) is 0 Å². The number of phenols is 1. The summed E-state index contributed by atoms with van der Waals surface area (Å²) in [4.78, 5) is 2.69. The number of phenolic OH excluding ortho intramolecular Hbond substituents is 1. The maximum atomic E-state index is 15.0. The third-order valence-electron chi connectivity index (χ3n) is 6.93. The summed E-state index contributed by atoms with van der Waals surface area (Å²) in [7, 11) is 0. The van der Waals surface area contributed by atoms with Gasteiger partial charge in [0, 0.05) is 18.2 Å². The lowest BCUT2D eigenvalue weighted by molar-refractivity contribution is 0.119. The lowest BCUT2D eigenvalue weighted by Crippen LogP contribution is -2.38. The standard InChI is InChI=1S/C21H30FNO/c1-14(2)19-18(24)12-15-4-5-16(6-7-17(15)20(19)22)23-11-10-21(13-23)8-3-9-21/h12,14,16,24H,3-11,13H2,1-2H3. The number of hydrogen-bond acceptors (Lipinski definition) is 2. The summed E-state index contributed by atoms with van der Waals surface area (Å²) in [6, 6.07) is 2.43. The van der Waals surface area contributed by atoms with E-state index < -0.39 is 0 Å². The monoisotopic (exact) mass is 331 g/mol. The summed E-state index contributed by atoms with van der Waals surface area (Å²) in [6.07, 6.45) is 9.47. The van der Waals surface area contributed by atoms with Crippen molar-refractivity contribution in [1.82, 2.24) is 4.90 Å². The van der Waals surface area contributed by atoms with Gasteiger partial charge in [-0.15, -0.1) is 0 Å². The molecule has 0 bridgehead atoms. The second kappa shape index (κ2) is 6.01. The summed E-state index contributed by atoms with van der Waals surface area (Å²) in [6.45, 7) is 6.39. The van der Waals surface area contributed by atoms with Crippen LogP contribution in [-0.4, -0.2) is 29.1 Å². The van der Waals surface area contributed by atoms with E-state index in [-0.39, 0.29) is 17.5 Å². The van der Waals surface area contributed by atoms with Crippen molar-refractivity contribution in [3.63, 3.8) is 0 Å². The summed E-state index contributed by atoms with van der Waals surface area (Å²) < 4.78 is 15.0. The van der Waals surface area contributed by atoms with Crippen molar-refractivity contribution in [2.24, 2.45) is 5.41 Å². The zero-order chi connectivity index (χ0) is 16.9. The van der Waals surface area contributed by atoms with E-state index in [0.717, 1.165) is 36.8 Å². The van der Waals surface area contributed by atoms with Crippen LogP contribution in [-0.2, 0) is 12.8 Å². The molecule has 1 heterocycles. The van der Waals surface area contributed by atoms with Crippen molar-refractivity contribution in [2.45, 2.75) is 77.2 Å². The molecule has 1 aromatic rings. The second-order valence-electron chi connectivity index (χ2n) is 8.72. The molecule has 132 valence electrons. The van der Waals surface area contributed by atoms with E-state index in [1.165, 1.54) is 38.8 Å². The van der Waals surface area contributed by atoms with E-state index in [1.807, 2.05) is 19.9 Å². The minimum absolute atomic E-state index is 0.0198. The van der Waals surface area contributed by atoms with Crippen molar-refractivity contribution in [3.8, 4) is 5.75 Å². The third-order valence-corrected chi connectivity index (χ3v) is 6.93. The summed E-state index contributed by atoms with van der Waals surface area (Å²) >= 11 is 0. The van der Waals surface area contributed by atoms with Gasteiger partial charge in [0.05, 0.1) is 0 Å². The van der Waals surface area contributed by atoms with Gasteiger partial charge in [-0.05, 0) is 80.0 Å². The van der Waals surface area contributed by atoms with E-state index in [2.05, 4.69) is 4.90 Å². The molecular formula is C21H30FNO. The van der Waals surface area contributed by atoms with E-state index in [9.17, 15) is 9.50 Å². The van der Waals surface area contributed by atoms with Crippen molar-refractivity contribution in [3.05, 3.63) is 28.6 Å². The molecule has 2 nitrogen and oxygen atoms in total. The normalized spacial score (nSPS) is 26.4. The van der Waals surface area contributed by atoms with Gasteiger partial charge < -0.3 is 5.11 Å².